The molecule has 0 spiro atoms. The maximum Gasteiger partial charge on any atom is 0.236 e. The smallest absolute Gasteiger partial charge is 0.236 e. The van der Waals surface area contributed by atoms with Crippen LogP contribution in [0.25, 0.3) is 0 Å². The minimum absolute atomic E-state index is 0.0742. The lowest BCUT2D eigenvalue weighted by molar-refractivity contribution is -0.132. The van der Waals surface area contributed by atoms with Gasteiger partial charge in [0.05, 0.1) is 13.1 Å². The third-order valence-corrected chi connectivity index (χ3v) is 4.22. The molecule has 1 fully saturated rings. The van der Waals surface area contributed by atoms with Crippen LogP contribution in [0.15, 0.2) is 16.5 Å². The molecule has 1 unspecified atom stereocenters. The number of hydrogen-bond donors (Lipinski definition) is 1. The van der Waals surface area contributed by atoms with Crippen molar-refractivity contribution in [1.82, 2.24) is 9.80 Å². The Bertz CT molecular complexity index is 486. The third-order valence-electron chi connectivity index (χ3n) is 4.22. The second-order valence-electron chi connectivity index (χ2n) is 6.55. The van der Waals surface area contributed by atoms with Gasteiger partial charge in [0.25, 0.3) is 0 Å². The fraction of sp³-hybridized carbons (Fsp3) is 0.688. The Kier molecular flexibility index (Phi) is 5.06. The average Bonchev–Trinajstić information content (AvgIpc) is 2.84. The number of rotatable bonds is 5. The summed E-state index contributed by atoms with van der Waals surface area (Å²) < 4.78 is 5.50. The van der Waals surface area contributed by atoms with Crippen LogP contribution in [0.3, 0.4) is 0 Å². The minimum atomic E-state index is -0.0742. The topological polar surface area (TPSA) is 56.9 Å². The lowest BCUT2D eigenvalue weighted by Gasteiger charge is -2.39. The lowest BCUT2D eigenvalue weighted by Crippen LogP contribution is -2.47. The van der Waals surface area contributed by atoms with Gasteiger partial charge >= 0.3 is 0 Å². The van der Waals surface area contributed by atoms with Gasteiger partial charge in [-0.2, -0.15) is 0 Å². The van der Waals surface area contributed by atoms with E-state index in [1.165, 1.54) is 0 Å². The van der Waals surface area contributed by atoms with Crippen molar-refractivity contribution in [3.63, 3.8) is 0 Å². The van der Waals surface area contributed by atoms with E-state index in [1.807, 2.05) is 19.1 Å². The molecule has 1 aliphatic rings. The van der Waals surface area contributed by atoms with Gasteiger partial charge in [-0.3, -0.25) is 9.69 Å². The van der Waals surface area contributed by atoms with E-state index in [0.29, 0.717) is 13.1 Å². The summed E-state index contributed by atoms with van der Waals surface area (Å²) in [7, 11) is 1.80. The molecule has 21 heavy (non-hydrogen) atoms. The predicted molar refractivity (Wildman–Crippen MR) is 80.8 cm³/mol. The Balaban J connectivity index is 1.85. The van der Waals surface area contributed by atoms with Gasteiger partial charge in [0.2, 0.25) is 5.91 Å². The van der Waals surface area contributed by atoms with Gasteiger partial charge in [0.1, 0.15) is 11.5 Å². The summed E-state index contributed by atoms with van der Waals surface area (Å²) in [5, 5.41) is 9.47. The molecule has 0 radical (unpaired) electrons. The zero-order chi connectivity index (χ0) is 15.5. The van der Waals surface area contributed by atoms with Crippen LogP contribution in [0.4, 0.5) is 0 Å². The molecule has 2 heterocycles. The Morgan fingerprint density at radius 3 is 2.90 bits per heavy atom. The van der Waals surface area contributed by atoms with E-state index in [1.54, 1.807) is 11.9 Å². The number of hydrogen-bond acceptors (Lipinski definition) is 4. The van der Waals surface area contributed by atoms with Crippen LogP contribution in [0.5, 0.6) is 0 Å². The Morgan fingerprint density at radius 1 is 1.52 bits per heavy atom. The van der Waals surface area contributed by atoms with Crippen LogP contribution in [0.1, 0.15) is 31.3 Å². The van der Waals surface area contributed by atoms with Crippen LogP contribution >= 0.6 is 0 Å². The number of carbonyl (C=O) groups excluding carboxylic acids is 1. The highest BCUT2D eigenvalue weighted by Gasteiger charge is 2.31. The number of piperidine rings is 1. The molecule has 1 atom stereocenters. The van der Waals surface area contributed by atoms with E-state index in [-0.39, 0.29) is 17.9 Å². The number of aliphatic hydroxyl groups is 1. The van der Waals surface area contributed by atoms with Crippen LogP contribution in [-0.4, -0.2) is 54.1 Å². The number of nitrogens with zero attached hydrogens (tertiary/aromatic N) is 2. The number of aliphatic hydroxyl groups excluding tert-OH is 1. The number of aryl methyl sites for hydroxylation is 1. The fourth-order valence-corrected chi connectivity index (χ4v) is 2.90. The highest BCUT2D eigenvalue weighted by atomic mass is 16.3. The van der Waals surface area contributed by atoms with Gasteiger partial charge in [-0.1, -0.05) is 6.92 Å². The Hall–Kier alpha value is -1.33. The second-order valence-corrected chi connectivity index (χ2v) is 6.55. The zero-order valence-electron chi connectivity index (χ0n) is 13.3. The Labute approximate surface area is 126 Å². The average molecular weight is 294 g/mol. The summed E-state index contributed by atoms with van der Waals surface area (Å²) in [5.74, 6) is 1.76. The van der Waals surface area contributed by atoms with Crippen molar-refractivity contribution in [3.8, 4) is 0 Å². The van der Waals surface area contributed by atoms with Crippen LogP contribution in [0, 0.1) is 12.3 Å². The SMILES string of the molecule is Cc1ccc(CN(C)C(=O)CN2CCCC(C)(CO)C2)o1. The number of likely N-dealkylation sites (N-methyl/N-ethyl adjacent to an activating group) is 1. The number of amides is 1. The molecular formula is C16H26N2O3. The predicted octanol–water partition coefficient (Wildman–Crippen LogP) is 1.64. The maximum absolute atomic E-state index is 12.3. The summed E-state index contributed by atoms with van der Waals surface area (Å²) in [6.45, 7) is 6.77. The number of likely N-dealkylation sites (tertiary alicyclic amines) is 1. The third kappa shape index (κ3) is 4.32. The normalized spacial score (nSPS) is 23.2. The first-order chi connectivity index (χ1) is 9.92. The van der Waals surface area contributed by atoms with Gasteiger partial charge in [0.15, 0.2) is 0 Å². The van der Waals surface area contributed by atoms with Crippen molar-refractivity contribution >= 4 is 5.91 Å². The van der Waals surface area contributed by atoms with Gasteiger partial charge in [-0.25, -0.2) is 0 Å². The fourth-order valence-electron chi connectivity index (χ4n) is 2.90. The molecule has 1 N–H and O–H groups in total. The highest BCUT2D eigenvalue weighted by molar-refractivity contribution is 5.77. The van der Waals surface area contributed by atoms with Gasteiger partial charge in [-0.05, 0) is 38.4 Å². The standard InChI is InChI=1S/C16H26N2O3/c1-13-5-6-14(21-13)9-17(3)15(20)10-18-8-4-7-16(2,11-18)12-19/h5-6,19H,4,7-12H2,1-3H3. The molecule has 0 aliphatic carbocycles. The van der Waals surface area contributed by atoms with Crippen molar-refractivity contribution in [1.29, 1.82) is 0 Å². The molecule has 1 amide bonds. The largest absolute Gasteiger partial charge is 0.464 e. The van der Waals surface area contributed by atoms with Gasteiger partial charge < -0.3 is 14.4 Å². The molecule has 0 aromatic carbocycles. The van der Waals surface area contributed by atoms with Crippen molar-refractivity contribution in [2.75, 3.05) is 33.3 Å². The van der Waals surface area contributed by atoms with E-state index in [0.717, 1.165) is 37.5 Å². The van der Waals surface area contributed by atoms with Crippen LogP contribution < -0.4 is 0 Å². The first-order valence-electron chi connectivity index (χ1n) is 7.54. The van der Waals surface area contributed by atoms with Crippen molar-refractivity contribution in [3.05, 3.63) is 23.7 Å². The molecule has 118 valence electrons. The Morgan fingerprint density at radius 2 is 2.29 bits per heavy atom. The summed E-state index contributed by atoms with van der Waals surface area (Å²) in [6, 6.07) is 3.81. The highest BCUT2D eigenvalue weighted by Crippen LogP contribution is 2.28. The van der Waals surface area contributed by atoms with E-state index in [9.17, 15) is 9.90 Å². The summed E-state index contributed by atoms with van der Waals surface area (Å²) >= 11 is 0. The van der Waals surface area contributed by atoms with Crippen molar-refractivity contribution < 1.29 is 14.3 Å². The monoisotopic (exact) mass is 294 g/mol. The summed E-state index contributed by atoms with van der Waals surface area (Å²) in [5.41, 5.74) is -0.0742. The second kappa shape index (κ2) is 6.62. The van der Waals surface area contributed by atoms with E-state index >= 15 is 0 Å². The number of carbonyl (C=O) groups is 1. The molecule has 2 rings (SSSR count). The molecule has 1 aliphatic heterocycles. The molecule has 1 aromatic rings. The maximum atomic E-state index is 12.3. The van der Waals surface area contributed by atoms with Gasteiger partial charge in [-0.15, -0.1) is 0 Å². The molecular weight excluding hydrogens is 268 g/mol. The van der Waals surface area contributed by atoms with E-state index in [2.05, 4.69) is 11.8 Å². The van der Waals surface area contributed by atoms with E-state index < -0.39 is 0 Å². The minimum Gasteiger partial charge on any atom is -0.464 e. The summed E-state index contributed by atoms with van der Waals surface area (Å²) in [6.07, 6.45) is 2.06. The first-order valence-corrected chi connectivity index (χ1v) is 7.54. The molecule has 1 saturated heterocycles. The quantitative estimate of drug-likeness (QED) is 0.897. The number of furan rings is 1. The molecule has 0 bridgehead atoms. The van der Waals surface area contributed by atoms with Crippen molar-refractivity contribution in [2.45, 2.75) is 33.2 Å². The van der Waals surface area contributed by atoms with E-state index in [4.69, 9.17) is 4.42 Å². The van der Waals surface area contributed by atoms with Crippen molar-refractivity contribution in [2.24, 2.45) is 5.41 Å². The zero-order valence-corrected chi connectivity index (χ0v) is 13.3. The first kappa shape index (κ1) is 16.0. The van der Waals surface area contributed by atoms with Crippen LogP contribution in [-0.2, 0) is 11.3 Å². The molecule has 1 aromatic heterocycles. The van der Waals surface area contributed by atoms with Gasteiger partial charge in [0, 0.05) is 25.6 Å². The molecule has 0 saturated carbocycles. The lowest BCUT2D eigenvalue weighted by atomic mass is 9.83. The molecule has 5 heteroatoms. The van der Waals surface area contributed by atoms with Crippen LogP contribution in [0.2, 0.25) is 0 Å². The summed E-state index contributed by atoms with van der Waals surface area (Å²) in [4.78, 5) is 16.1. The molecule has 5 nitrogen and oxygen atoms in total.